The fourth-order valence-corrected chi connectivity index (χ4v) is 4.77. The Kier molecular flexibility index (Phi) is 7.56. The zero-order valence-corrected chi connectivity index (χ0v) is 16.3. The summed E-state index contributed by atoms with van der Waals surface area (Å²) < 4.78 is 0. The Bertz CT molecular complexity index is 466. The molecule has 0 bridgehead atoms. The van der Waals surface area contributed by atoms with Crippen LogP contribution in [0, 0.1) is 17.8 Å². The largest absolute Gasteiger partial charge is 0.342 e. The molecule has 25 heavy (non-hydrogen) atoms. The van der Waals surface area contributed by atoms with Crippen LogP contribution in [0.5, 0.6) is 0 Å². The predicted molar refractivity (Wildman–Crippen MR) is 101 cm³/mol. The highest BCUT2D eigenvalue weighted by Crippen LogP contribution is 2.34. The third-order valence-electron chi connectivity index (χ3n) is 6.33. The zero-order valence-electron chi connectivity index (χ0n) is 15.5. The molecule has 4 unspecified atom stereocenters. The van der Waals surface area contributed by atoms with Crippen LogP contribution in [0.3, 0.4) is 0 Å². The highest BCUT2D eigenvalue weighted by Gasteiger charge is 2.41. The Morgan fingerprint density at radius 1 is 0.840 bits per heavy atom. The first-order valence-electron chi connectivity index (χ1n) is 9.91. The molecule has 2 heterocycles. The first kappa shape index (κ1) is 20.5. The number of amides is 2. The summed E-state index contributed by atoms with van der Waals surface area (Å²) in [5.41, 5.74) is 6.07. The van der Waals surface area contributed by atoms with Crippen LogP contribution in [0.4, 0.5) is 0 Å². The molecule has 3 rings (SSSR count). The molecule has 0 spiro atoms. The maximum atomic E-state index is 13.2. The van der Waals surface area contributed by atoms with Gasteiger partial charge in [0.1, 0.15) is 0 Å². The number of rotatable bonds is 3. The third-order valence-corrected chi connectivity index (χ3v) is 6.33. The summed E-state index contributed by atoms with van der Waals surface area (Å²) in [4.78, 5) is 30.1. The normalized spacial score (nSPS) is 31.4. The first-order valence-corrected chi connectivity index (χ1v) is 9.91. The number of likely N-dealkylation sites (tertiary alicyclic amines) is 2. The van der Waals surface area contributed by atoms with Crippen molar-refractivity contribution in [3.05, 3.63) is 0 Å². The lowest BCUT2D eigenvalue weighted by molar-refractivity contribution is -0.148. The molecule has 3 aliphatic rings. The molecule has 6 heteroatoms. The SMILES string of the molecule is CC(N)C1CCCN(C(=O)C2CCCCC2C(=O)N2CCCC2)C1.Cl. The van der Waals surface area contributed by atoms with Gasteiger partial charge in [-0.15, -0.1) is 12.4 Å². The predicted octanol–water partition coefficient (Wildman–Crippen LogP) is 2.42. The zero-order chi connectivity index (χ0) is 17.1. The van der Waals surface area contributed by atoms with Crippen LogP contribution < -0.4 is 5.73 Å². The van der Waals surface area contributed by atoms with Gasteiger partial charge in [0.2, 0.25) is 11.8 Å². The fraction of sp³-hybridized carbons (Fsp3) is 0.895. The second-order valence-corrected chi connectivity index (χ2v) is 8.08. The van der Waals surface area contributed by atoms with E-state index >= 15 is 0 Å². The van der Waals surface area contributed by atoms with E-state index in [1.54, 1.807) is 0 Å². The van der Waals surface area contributed by atoms with Crippen molar-refractivity contribution in [2.75, 3.05) is 26.2 Å². The quantitative estimate of drug-likeness (QED) is 0.828. The Balaban J connectivity index is 0.00000225. The van der Waals surface area contributed by atoms with Gasteiger partial charge >= 0.3 is 0 Å². The smallest absolute Gasteiger partial charge is 0.226 e. The number of hydrogen-bond acceptors (Lipinski definition) is 3. The molecule has 0 aromatic rings. The van der Waals surface area contributed by atoms with E-state index in [4.69, 9.17) is 5.73 Å². The Labute approximate surface area is 158 Å². The lowest BCUT2D eigenvalue weighted by Crippen LogP contribution is -2.50. The molecule has 4 atom stereocenters. The summed E-state index contributed by atoms with van der Waals surface area (Å²) in [6.45, 7) is 5.42. The summed E-state index contributed by atoms with van der Waals surface area (Å²) in [7, 11) is 0. The lowest BCUT2D eigenvalue weighted by atomic mass is 9.77. The van der Waals surface area contributed by atoms with E-state index in [2.05, 4.69) is 0 Å². The van der Waals surface area contributed by atoms with Crippen LogP contribution in [-0.2, 0) is 9.59 Å². The second-order valence-electron chi connectivity index (χ2n) is 8.08. The fourth-order valence-electron chi connectivity index (χ4n) is 4.77. The van der Waals surface area contributed by atoms with Gasteiger partial charge in [-0.3, -0.25) is 9.59 Å². The van der Waals surface area contributed by atoms with E-state index in [0.29, 0.717) is 5.92 Å². The number of nitrogens with zero attached hydrogens (tertiary/aromatic N) is 2. The van der Waals surface area contributed by atoms with Crippen molar-refractivity contribution in [1.29, 1.82) is 0 Å². The monoisotopic (exact) mass is 371 g/mol. The molecular formula is C19H34ClN3O2. The average molecular weight is 372 g/mol. The van der Waals surface area contributed by atoms with Gasteiger partial charge in [-0.05, 0) is 51.4 Å². The van der Waals surface area contributed by atoms with Crippen molar-refractivity contribution >= 4 is 24.2 Å². The van der Waals surface area contributed by atoms with Crippen LogP contribution in [0.15, 0.2) is 0 Å². The minimum Gasteiger partial charge on any atom is -0.342 e. The van der Waals surface area contributed by atoms with Crippen LogP contribution >= 0.6 is 12.4 Å². The van der Waals surface area contributed by atoms with Crippen molar-refractivity contribution in [2.24, 2.45) is 23.5 Å². The Morgan fingerprint density at radius 2 is 1.36 bits per heavy atom. The third kappa shape index (κ3) is 4.68. The number of carbonyl (C=O) groups excluding carboxylic acids is 2. The van der Waals surface area contributed by atoms with Gasteiger partial charge in [-0.2, -0.15) is 0 Å². The van der Waals surface area contributed by atoms with Gasteiger partial charge in [-0.25, -0.2) is 0 Å². The van der Waals surface area contributed by atoms with E-state index < -0.39 is 0 Å². The molecule has 0 radical (unpaired) electrons. The molecule has 0 aromatic heterocycles. The molecule has 1 saturated carbocycles. The first-order chi connectivity index (χ1) is 11.6. The molecule has 3 fully saturated rings. The van der Waals surface area contributed by atoms with E-state index in [1.165, 1.54) is 0 Å². The molecule has 2 amide bonds. The minimum absolute atomic E-state index is 0. The van der Waals surface area contributed by atoms with Gasteiger partial charge in [0.25, 0.3) is 0 Å². The molecule has 1 aliphatic carbocycles. The highest BCUT2D eigenvalue weighted by molar-refractivity contribution is 5.88. The van der Waals surface area contributed by atoms with Gasteiger partial charge < -0.3 is 15.5 Å². The van der Waals surface area contributed by atoms with Crippen LogP contribution in [0.2, 0.25) is 0 Å². The Morgan fingerprint density at radius 3 is 1.92 bits per heavy atom. The van der Waals surface area contributed by atoms with Crippen molar-refractivity contribution in [1.82, 2.24) is 9.80 Å². The average Bonchev–Trinajstić information content (AvgIpc) is 3.15. The van der Waals surface area contributed by atoms with Crippen LogP contribution in [0.1, 0.15) is 58.3 Å². The summed E-state index contributed by atoms with van der Waals surface area (Å²) in [6, 6.07) is 0.133. The molecule has 5 nitrogen and oxygen atoms in total. The number of hydrogen-bond donors (Lipinski definition) is 1. The summed E-state index contributed by atoms with van der Waals surface area (Å²) >= 11 is 0. The van der Waals surface area contributed by atoms with Crippen molar-refractivity contribution in [2.45, 2.75) is 64.3 Å². The van der Waals surface area contributed by atoms with E-state index in [0.717, 1.165) is 77.5 Å². The second kappa shape index (κ2) is 9.22. The number of halogens is 1. The number of piperidine rings is 1. The van der Waals surface area contributed by atoms with Crippen LogP contribution in [0.25, 0.3) is 0 Å². The van der Waals surface area contributed by atoms with E-state index in [9.17, 15) is 9.59 Å². The maximum absolute atomic E-state index is 13.2. The number of nitrogens with two attached hydrogens (primary N) is 1. The van der Waals surface area contributed by atoms with Gasteiger partial charge in [0.05, 0.1) is 0 Å². The Hall–Kier alpha value is -0.810. The van der Waals surface area contributed by atoms with Crippen molar-refractivity contribution in [3.63, 3.8) is 0 Å². The summed E-state index contributed by atoms with van der Waals surface area (Å²) in [5, 5.41) is 0. The highest BCUT2D eigenvalue weighted by atomic mass is 35.5. The van der Waals surface area contributed by atoms with Crippen molar-refractivity contribution in [3.8, 4) is 0 Å². The van der Waals surface area contributed by atoms with Crippen molar-refractivity contribution < 1.29 is 9.59 Å². The van der Waals surface area contributed by atoms with Gasteiger partial charge in [-0.1, -0.05) is 12.8 Å². The summed E-state index contributed by atoms with van der Waals surface area (Å²) in [6.07, 6.45) is 8.29. The van der Waals surface area contributed by atoms with Gasteiger partial charge in [0.15, 0.2) is 0 Å². The molecule has 2 saturated heterocycles. The molecular weight excluding hydrogens is 338 g/mol. The lowest BCUT2D eigenvalue weighted by Gasteiger charge is -2.39. The van der Waals surface area contributed by atoms with E-state index in [-0.39, 0.29) is 42.1 Å². The molecule has 2 N–H and O–H groups in total. The van der Waals surface area contributed by atoms with Gasteiger partial charge in [0, 0.05) is 44.1 Å². The maximum Gasteiger partial charge on any atom is 0.226 e. The molecule has 144 valence electrons. The van der Waals surface area contributed by atoms with Crippen LogP contribution in [-0.4, -0.2) is 53.8 Å². The van der Waals surface area contributed by atoms with E-state index in [1.807, 2.05) is 16.7 Å². The summed E-state index contributed by atoms with van der Waals surface area (Å²) in [5.74, 6) is 0.682. The number of carbonyl (C=O) groups is 2. The standard InChI is InChI=1S/C19H33N3O2.ClH/c1-14(20)15-7-6-12-22(13-15)19(24)17-9-3-2-8-16(17)18(23)21-10-4-5-11-21;/h14-17H,2-13,20H2,1H3;1H. The molecule has 2 aliphatic heterocycles. The molecule has 0 aromatic carbocycles. The topological polar surface area (TPSA) is 66.6 Å². The minimum atomic E-state index is -0.0984.